The van der Waals surface area contributed by atoms with Crippen LogP contribution < -0.4 is 19.8 Å². The van der Waals surface area contributed by atoms with Gasteiger partial charge in [-0.25, -0.2) is 4.79 Å². The Balaban J connectivity index is 2.00. The monoisotopic (exact) mass is 453 g/mol. The van der Waals surface area contributed by atoms with Gasteiger partial charge in [-0.2, -0.15) is 0 Å². The Morgan fingerprint density at radius 3 is 2.52 bits per heavy atom. The van der Waals surface area contributed by atoms with Crippen LogP contribution in [0.1, 0.15) is 61.7 Å². The maximum Gasteiger partial charge on any atom is 0.343 e. The van der Waals surface area contributed by atoms with Crippen LogP contribution in [-0.4, -0.2) is 50.6 Å². The largest absolute Gasteiger partial charge is 0.493 e. The third-order valence-corrected chi connectivity index (χ3v) is 5.72. The van der Waals surface area contributed by atoms with E-state index in [0.29, 0.717) is 22.8 Å². The number of benzene rings is 1. The number of pyridine rings is 1. The molecule has 1 unspecified atom stereocenters. The van der Waals surface area contributed by atoms with Crippen molar-refractivity contribution >= 4 is 21.7 Å². The van der Waals surface area contributed by atoms with Crippen molar-refractivity contribution in [2.45, 2.75) is 51.3 Å². The summed E-state index contributed by atoms with van der Waals surface area (Å²) < 4.78 is 24.5. The van der Waals surface area contributed by atoms with Gasteiger partial charge in [0.2, 0.25) is 0 Å². The SMILES string of the molecule is BC(B)(O)Oc1cc2c(cc1OC)-c1c(cc(C(=O)OCC)c(=O)n1C1CC1)C(C(C)C)O2. The summed E-state index contributed by atoms with van der Waals surface area (Å²) in [5.41, 5.74) is 0.418. The average molecular weight is 453 g/mol. The zero-order valence-electron chi connectivity index (χ0n) is 19.9. The first-order valence-corrected chi connectivity index (χ1v) is 11.3. The molecule has 2 aromatic rings. The Morgan fingerprint density at radius 1 is 1.27 bits per heavy atom. The van der Waals surface area contributed by atoms with E-state index < -0.39 is 17.7 Å². The lowest BCUT2D eigenvalue weighted by atomic mass is 9.76. The highest BCUT2D eigenvalue weighted by atomic mass is 16.6. The summed E-state index contributed by atoms with van der Waals surface area (Å²) in [4.78, 5) is 26.1. The molecule has 0 radical (unpaired) electrons. The van der Waals surface area contributed by atoms with E-state index in [-0.39, 0.29) is 29.7 Å². The van der Waals surface area contributed by atoms with E-state index in [1.165, 1.54) is 22.8 Å². The molecule has 1 aromatic heterocycles. The lowest BCUT2D eigenvalue weighted by Crippen LogP contribution is -2.36. The van der Waals surface area contributed by atoms with Crippen molar-refractivity contribution in [1.29, 1.82) is 0 Å². The third-order valence-electron chi connectivity index (χ3n) is 5.72. The van der Waals surface area contributed by atoms with Gasteiger partial charge in [-0.1, -0.05) is 13.8 Å². The van der Waals surface area contributed by atoms with E-state index in [0.717, 1.165) is 24.1 Å². The fraction of sp³-hybridized carbons (Fsp3) is 0.478. The number of rotatable bonds is 7. The second-order valence-corrected chi connectivity index (χ2v) is 9.32. The summed E-state index contributed by atoms with van der Waals surface area (Å²) in [6.45, 7) is 5.94. The number of hydrogen-bond acceptors (Lipinski definition) is 7. The van der Waals surface area contributed by atoms with Gasteiger partial charge in [-0.3, -0.25) is 4.79 Å². The van der Waals surface area contributed by atoms with E-state index in [9.17, 15) is 14.7 Å². The van der Waals surface area contributed by atoms with Crippen molar-refractivity contribution in [3.8, 4) is 28.5 Å². The predicted octanol–water partition coefficient (Wildman–Crippen LogP) is 1.37. The minimum absolute atomic E-state index is 0.0117. The van der Waals surface area contributed by atoms with Crippen molar-refractivity contribution < 1.29 is 28.8 Å². The second kappa shape index (κ2) is 8.48. The summed E-state index contributed by atoms with van der Waals surface area (Å²) in [5, 5.41) is 10.2. The fourth-order valence-electron chi connectivity index (χ4n) is 4.22. The first kappa shape index (κ1) is 23.3. The lowest BCUT2D eigenvalue weighted by molar-refractivity contribution is 0.0105. The van der Waals surface area contributed by atoms with Gasteiger partial charge in [0, 0.05) is 23.2 Å². The highest BCUT2D eigenvalue weighted by molar-refractivity contribution is 6.37. The summed E-state index contributed by atoms with van der Waals surface area (Å²) >= 11 is 0. The molecule has 1 atom stereocenters. The zero-order chi connectivity index (χ0) is 24.1. The Morgan fingerprint density at radius 2 is 1.97 bits per heavy atom. The molecular weight excluding hydrogens is 424 g/mol. The number of esters is 1. The van der Waals surface area contributed by atoms with Gasteiger partial charge in [0.05, 0.1) is 19.4 Å². The van der Waals surface area contributed by atoms with Gasteiger partial charge in [0.1, 0.15) is 23.0 Å². The average Bonchev–Trinajstić information content (AvgIpc) is 3.56. The molecule has 1 fully saturated rings. The maximum atomic E-state index is 13.5. The van der Waals surface area contributed by atoms with Crippen LogP contribution >= 0.6 is 0 Å². The standard InChI is InChI=1S/C23H29B2NO7/c1-5-31-22(28)15-8-14-19(26(21(15)27)12-6-7-12)13-9-17(30-4)18(33-23(24,25)29)10-16(13)32-20(14)11(2)3/h8-12,20,29H,5-7,24-25H2,1-4H3. The Bertz CT molecular complexity index is 1150. The van der Waals surface area contributed by atoms with Gasteiger partial charge < -0.3 is 28.6 Å². The van der Waals surface area contributed by atoms with Gasteiger partial charge in [0.15, 0.2) is 27.2 Å². The van der Waals surface area contributed by atoms with Gasteiger partial charge in [0.25, 0.3) is 5.56 Å². The molecule has 0 bridgehead atoms. The highest BCUT2D eigenvalue weighted by Gasteiger charge is 2.38. The molecule has 1 aromatic carbocycles. The first-order valence-electron chi connectivity index (χ1n) is 11.3. The summed E-state index contributed by atoms with van der Waals surface area (Å²) in [7, 11) is 4.57. The van der Waals surface area contributed by atoms with E-state index >= 15 is 0 Å². The topological polar surface area (TPSA) is 96.2 Å². The van der Waals surface area contributed by atoms with Crippen molar-refractivity contribution in [3.05, 3.63) is 39.7 Å². The van der Waals surface area contributed by atoms with Crippen molar-refractivity contribution in [2.75, 3.05) is 13.7 Å². The molecule has 1 N–H and O–H groups in total. The van der Waals surface area contributed by atoms with E-state index in [1.807, 2.05) is 13.8 Å². The van der Waals surface area contributed by atoms with E-state index in [4.69, 9.17) is 18.9 Å². The molecule has 4 rings (SSSR count). The number of aliphatic hydroxyl groups is 1. The molecule has 1 aliphatic carbocycles. The number of methoxy groups -OCH3 is 1. The van der Waals surface area contributed by atoms with Crippen LogP contribution in [0.2, 0.25) is 0 Å². The van der Waals surface area contributed by atoms with Crippen molar-refractivity contribution in [2.24, 2.45) is 5.92 Å². The number of nitrogens with zero attached hydrogens (tertiary/aromatic N) is 1. The van der Waals surface area contributed by atoms with Gasteiger partial charge in [-0.05, 0) is 37.8 Å². The van der Waals surface area contributed by atoms with Crippen molar-refractivity contribution in [1.82, 2.24) is 4.57 Å². The Kier molecular flexibility index (Phi) is 5.99. The third kappa shape index (κ3) is 4.36. The highest BCUT2D eigenvalue weighted by Crippen LogP contribution is 2.51. The first-order chi connectivity index (χ1) is 15.6. The van der Waals surface area contributed by atoms with E-state index in [2.05, 4.69) is 0 Å². The molecule has 0 spiro atoms. The van der Waals surface area contributed by atoms with Crippen LogP contribution in [0.25, 0.3) is 11.3 Å². The number of ether oxygens (including phenoxy) is 4. The van der Waals surface area contributed by atoms with Crippen LogP contribution in [0, 0.1) is 5.92 Å². The molecule has 0 saturated heterocycles. The summed E-state index contributed by atoms with van der Waals surface area (Å²) in [6, 6.07) is 5.08. The van der Waals surface area contributed by atoms with Crippen LogP contribution in [0.5, 0.6) is 17.2 Å². The smallest absolute Gasteiger partial charge is 0.343 e. The number of carbonyl (C=O) groups is 1. The Labute approximate surface area is 194 Å². The maximum absolute atomic E-state index is 13.5. The zero-order valence-corrected chi connectivity index (χ0v) is 19.9. The van der Waals surface area contributed by atoms with Gasteiger partial charge in [-0.15, -0.1) is 0 Å². The Hall–Kier alpha value is -2.87. The van der Waals surface area contributed by atoms with Crippen LogP contribution in [0.3, 0.4) is 0 Å². The molecule has 2 heterocycles. The van der Waals surface area contributed by atoms with E-state index in [1.54, 1.807) is 29.7 Å². The minimum atomic E-state index is -1.42. The van der Waals surface area contributed by atoms with Crippen LogP contribution in [-0.2, 0) is 4.74 Å². The molecule has 1 saturated carbocycles. The summed E-state index contributed by atoms with van der Waals surface area (Å²) in [6.07, 6.45) is 1.32. The number of hydrogen-bond donors (Lipinski definition) is 1. The molecule has 0 amide bonds. The molecule has 174 valence electrons. The second-order valence-electron chi connectivity index (χ2n) is 9.32. The molecule has 33 heavy (non-hydrogen) atoms. The number of aromatic nitrogens is 1. The normalized spacial score (nSPS) is 17.1. The van der Waals surface area contributed by atoms with Gasteiger partial charge >= 0.3 is 5.97 Å². The summed E-state index contributed by atoms with van der Waals surface area (Å²) in [5.74, 6) is 0.687. The molecule has 10 heteroatoms. The molecular formula is C23H29B2NO7. The van der Waals surface area contributed by atoms with Crippen LogP contribution in [0.4, 0.5) is 0 Å². The molecule has 2 aliphatic rings. The molecule has 1 aliphatic heterocycles. The fourth-order valence-corrected chi connectivity index (χ4v) is 4.22. The number of carbonyl (C=O) groups excluding carboxylic acids is 1. The number of fused-ring (bicyclic) bond motifs is 3. The van der Waals surface area contributed by atoms with Crippen molar-refractivity contribution in [3.63, 3.8) is 0 Å². The quantitative estimate of drug-likeness (QED) is 0.385. The predicted molar refractivity (Wildman–Crippen MR) is 128 cm³/mol. The van der Waals surface area contributed by atoms with Crippen LogP contribution in [0.15, 0.2) is 23.0 Å². The lowest BCUT2D eigenvalue weighted by Gasteiger charge is -2.34. The minimum Gasteiger partial charge on any atom is -0.493 e. The molecule has 8 nitrogen and oxygen atoms in total.